The van der Waals surface area contributed by atoms with Gasteiger partial charge in [0.05, 0.1) is 5.56 Å². The van der Waals surface area contributed by atoms with E-state index in [0.717, 1.165) is 27.5 Å². The Labute approximate surface area is 260 Å². The van der Waals surface area contributed by atoms with Crippen molar-refractivity contribution >= 4 is 21.9 Å². The van der Waals surface area contributed by atoms with Crippen molar-refractivity contribution in [3.8, 4) is 44.6 Å². The second-order valence-corrected chi connectivity index (χ2v) is 10.7. The number of hydrogen-bond donors (Lipinski definition) is 0. The minimum atomic E-state index is -2.78. The van der Waals surface area contributed by atoms with Crippen LogP contribution in [0.2, 0.25) is 0 Å². The Morgan fingerprint density at radius 1 is 0.548 bits per heavy atom. The highest BCUT2D eigenvalue weighted by Gasteiger charge is 2.24. The van der Waals surface area contributed by atoms with Crippen molar-refractivity contribution in [3.63, 3.8) is 0 Å². The Morgan fingerprint density at radius 3 is 1.90 bits per heavy atom. The molecule has 2 nitrogen and oxygen atoms in total. The van der Waals surface area contributed by atoms with E-state index >= 15 is 0 Å². The summed E-state index contributed by atoms with van der Waals surface area (Å²) in [5.74, 6) is 0. The molecule has 2 aromatic heterocycles. The van der Waals surface area contributed by atoms with Gasteiger partial charge in [-0.05, 0) is 72.0 Å². The summed E-state index contributed by atoms with van der Waals surface area (Å²) in [5, 5.41) is 1.75. The van der Waals surface area contributed by atoms with Crippen molar-refractivity contribution in [2.45, 2.75) is 27.5 Å². The van der Waals surface area contributed by atoms with Crippen LogP contribution in [0.25, 0.3) is 66.6 Å². The van der Waals surface area contributed by atoms with Gasteiger partial charge in [0.2, 0.25) is 5.69 Å². The third-order valence-electron chi connectivity index (χ3n) is 8.01. The Balaban J connectivity index is 1.58. The molecular formula is C40H34NO+. The van der Waals surface area contributed by atoms with E-state index in [2.05, 4.69) is 0 Å². The lowest BCUT2D eigenvalue weighted by molar-refractivity contribution is -0.660. The average molecular weight is 554 g/mol. The molecule has 0 bridgehead atoms. The summed E-state index contributed by atoms with van der Waals surface area (Å²) < 4.78 is 85.6. The molecule has 0 radical (unpaired) electrons. The fourth-order valence-electron chi connectivity index (χ4n) is 5.96. The smallest absolute Gasteiger partial charge is 0.216 e. The van der Waals surface area contributed by atoms with Crippen LogP contribution in [0.15, 0.2) is 120 Å². The molecule has 2 heteroatoms. The molecule has 0 atom stereocenters. The van der Waals surface area contributed by atoms with Gasteiger partial charge in [0.1, 0.15) is 18.2 Å². The van der Waals surface area contributed by atoms with Crippen molar-refractivity contribution < 1.29 is 21.3 Å². The minimum Gasteiger partial charge on any atom is -0.454 e. The van der Waals surface area contributed by atoms with Crippen LogP contribution in [0.5, 0.6) is 0 Å². The number of aromatic nitrogens is 1. The standard InChI is InChI=1S/C40H34NO/c1-25-19-20-34-33-18-12-17-32(30-15-10-7-11-16-30)39(33)42-40(34)38(25)36-23-35(28(4)24-41(36)5)37-26(2)21-31(22-27(37)3)29-13-8-6-9-14-29/h6-24H,1-5H3/q+1/i2D3,3D3,4D3. The van der Waals surface area contributed by atoms with E-state index < -0.39 is 20.6 Å². The van der Waals surface area contributed by atoms with Gasteiger partial charge in [-0.3, -0.25) is 0 Å². The minimum absolute atomic E-state index is 0.0115. The molecule has 0 aliphatic rings. The van der Waals surface area contributed by atoms with E-state index in [9.17, 15) is 0 Å². The monoisotopic (exact) mass is 553 g/mol. The van der Waals surface area contributed by atoms with Crippen LogP contribution in [0.4, 0.5) is 0 Å². The van der Waals surface area contributed by atoms with Crippen molar-refractivity contribution in [1.29, 1.82) is 0 Å². The zero-order valence-electron chi connectivity index (χ0n) is 32.3. The number of nitrogens with zero attached hydrogens (tertiary/aromatic N) is 1. The van der Waals surface area contributed by atoms with E-state index in [-0.39, 0.29) is 27.8 Å². The van der Waals surface area contributed by atoms with Crippen LogP contribution < -0.4 is 4.57 Å². The molecule has 0 N–H and O–H groups in total. The Hall–Kier alpha value is -4.95. The maximum absolute atomic E-state index is 8.59. The van der Waals surface area contributed by atoms with Crippen LogP contribution in [0, 0.1) is 27.5 Å². The van der Waals surface area contributed by atoms with Crippen LogP contribution in [0.1, 0.15) is 34.6 Å². The lowest BCUT2D eigenvalue weighted by atomic mass is 9.89. The van der Waals surface area contributed by atoms with Crippen LogP contribution in [-0.2, 0) is 7.05 Å². The first-order valence-electron chi connectivity index (χ1n) is 18.3. The second kappa shape index (κ2) is 10.2. The summed E-state index contributed by atoms with van der Waals surface area (Å²) in [6, 6.07) is 33.3. The first-order valence-corrected chi connectivity index (χ1v) is 13.8. The van der Waals surface area contributed by atoms with E-state index in [4.69, 9.17) is 16.8 Å². The average Bonchev–Trinajstić information content (AvgIpc) is 3.46. The summed E-state index contributed by atoms with van der Waals surface area (Å²) in [6.07, 6.45) is 1.45. The predicted molar refractivity (Wildman–Crippen MR) is 176 cm³/mol. The number of rotatable bonds is 4. The predicted octanol–water partition coefficient (Wildman–Crippen LogP) is 10.3. The number of benzene rings is 5. The number of aryl methyl sites for hydroxylation is 5. The first-order chi connectivity index (χ1) is 24.0. The summed E-state index contributed by atoms with van der Waals surface area (Å²) in [7, 11) is 1.72. The van der Waals surface area contributed by atoms with Gasteiger partial charge in [-0.1, -0.05) is 103 Å². The van der Waals surface area contributed by atoms with E-state index in [1.807, 2.05) is 73.7 Å². The molecule has 7 rings (SSSR count). The quantitative estimate of drug-likeness (QED) is 0.198. The lowest BCUT2D eigenvalue weighted by Crippen LogP contribution is -2.31. The summed E-state index contributed by atoms with van der Waals surface area (Å²) in [5.41, 5.74) is 5.47. The van der Waals surface area contributed by atoms with E-state index in [1.54, 1.807) is 41.9 Å². The summed E-state index contributed by atoms with van der Waals surface area (Å²) in [4.78, 5) is 0. The fraction of sp³-hybridized carbons (Fsp3) is 0.125. The zero-order valence-corrected chi connectivity index (χ0v) is 23.3. The lowest BCUT2D eigenvalue weighted by Gasteiger charge is -2.16. The van der Waals surface area contributed by atoms with Gasteiger partial charge in [-0.25, -0.2) is 4.57 Å². The molecule has 0 fully saturated rings. The normalized spacial score (nSPS) is 15.5. The molecule has 0 saturated carbocycles. The summed E-state index contributed by atoms with van der Waals surface area (Å²) in [6.45, 7) is -6.36. The van der Waals surface area contributed by atoms with Crippen molar-refractivity contribution in [1.82, 2.24) is 0 Å². The topological polar surface area (TPSA) is 17.0 Å². The van der Waals surface area contributed by atoms with Gasteiger partial charge in [0.15, 0.2) is 6.20 Å². The van der Waals surface area contributed by atoms with Gasteiger partial charge >= 0.3 is 0 Å². The highest BCUT2D eigenvalue weighted by Crippen LogP contribution is 2.42. The first kappa shape index (κ1) is 17.8. The van der Waals surface area contributed by atoms with Crippen molar-refractivity contribution in [3.05, 3.63) is 138 Å². The third kappa shape index (κ3) is 4.23. The number of pyridine rings is 1. The van der Waals surface area contributed by atoms with Crippen LogP contribution in [-0.4, -0.2) is 0 Å². The molecule has 7 aromatic rings. The molecule has 0 saturated heterocycles. The zero-order chi connectivity index (χ0) is 36.5. The third-order valence-corrected chi connectivity index (χ3v) is 8.01. The molecule has 0 amide bonds. The maximum Gasteiger partial charge on any atom is 0.216 e. The maximum atomic E-state index is 8.59. The second-order valence-electron chi connectivity index (χ2n) is 10.7. The van der Waals surface area contributed by atoms with Crippen LogP contribution >= 0.6 is 0 Å². The molecule has 0 aliphatic heterocycles. The number of hydrogen-bond acceptors (Lipinski definition) is 1. The Morgan fingerprint density at radius 2 is 1.21 bits per heavy atom. The molecule has 204 valence electrons. The number of fused-ring (bicyclic) bond motifs is 3. The molecule has 0 unspecified atom stereocenters. The SMILES string of the molecule is [2H]C([2H])([2H])c1c[n+](C)c(-c2c(C)ccc3c2oc2c(-c4ccccc4)cccc23)cc1-c1c(C([2H])([2H])[2H])cc(-c2ccccc2)cc1C([2H])([2H])[2H]. The molecule has 42 heavy (non-hydrogen) atoms. The Kier molecular flexibility index (Phi) is 4.30. The molecule has 2 heterocycles. The van der Waals surface area contributed by atoms with E-state index in [0.29, 0.717) is 33.6 Å². The highest BCUT2D eigenvalue weighted by molar-refractivity contribution is 6.13. The largest absolute Gasteiger partial charge is 0.454 e. The fourth-order valence-corrected chi connectivity index (χ4v) is 5.96. The molecular weight excluding hydrogens is 510 g/mol. The van der Waals surface area contributed by atoms with Gasteiger partial charge in [-0.15, -0.1) is 0 Å². The van der Waals surface area contributed by atoms with Crippen molar-refractivity contribution in [2.24, 2.45) is 7.05 Å². The number of para-hydroxylation sites is 1. The highest BCUT2D eigenvalue weighted by atomic mass is 16.3. The van der Waals surface area contributed by atoms with Gasteiger partial charge in [0.25, 0.3) is 0 Å². The van der Waals surface area contributed by atoms with Gasteiger partial charge < -0.3 is 4.42 Å². The van der Waals surface area contributed by atoms with Gasteiger partial charge in [-0.2, -0.15) is 0 Å². The summed E-state index contributed by atoms with van der Waals surface area (Å²) >= 11 is 0. The molecule has 0 aliphatic carbocycles. The Bertz CT molecular complexity index is 2410. The molecule has 5 aromatic carbocycles. The molecule has 0 spiro atoms. The van der Waals surface area contributed by atoms with Gasteiger partial charge in [0, 0.05) is 40.3 Å². The number of furan rings is 1. The van der Waals surface area contributed by atoms with Crippen molar-refractivity contribution in [2.75, 3.05) is 0 Å². The van der Waals surface area contributed by atoms with E-state index in [1.165, 1.54) is 18.3 Å². The van der Waals surface area contributed by atoms with Crippen LogP contribution in [0.3, 0.4) is 0 Å².